The van der Waals surface area contributed by atoms with Crippen molar-refractivity contribution in [3.63, 3.8) is 0 Å². The molecule has 0 spiro atoms. The molecule has 3 aliphatic heterocycles. The van der Waals surface area contributed by atoms with E-state index < -0.39 is 102 Å². The Morgan fingerprint density at radius 3 is 1.89 bits per heavy atom. The highest BCUT2D eigenvalue weighted by Gasteiger charge is 2.38. The lowest BCUT2D eigenvalue weighted by atomic mass is 10.2. The monoisotopic (exact) mass is 573 g/mol. The zero-order valence-corrected chi connectivity index (χ0v) is 19.8. The molecule has 0 bridgehead atoms. The third kappa shape index (κ3) is 10.3. The number of rotatable bonds is 6. The van der Waals surface area contributed by atoms with Gasteiger partial charge in [-0.05, 0) is 0 Å². The van der Waals surface area contributed by atoms with Crippen LogP contribution in [0.15, 0.2) is 23.4 Å². The first-order valence-corrected chi connectivity index (χ1v) is 12.0. The van der Waals surface area contributed by atoms with Gasteiger partial charge in [0.15, 0.2) is 12.6 Å². The van der Waals surface area contributed by atoms with Crippen molar-refractivity contribution in [3.05, 3.63) is 28.9 Å². The third-order valence-electron chi connectivity index (χ3n) is 4.69. The van der Waals surface area contributed by atoms with E-state index in [9.17, 15) is 19.6 Å². The largest absolute Gasteiger partial charge is 0.471 e. The average molecular weight is 574 g/mol. The Labute approximate surface area is 218 Å². The second kappa shape index (κ2) is 14.7. The van der Waals surface area contributed by atoms with Gasteiger partial charge in [0.05, 0.1) is 44.2 Å². The number of H-pyrrole nitrogens is 1. The number of hydrogen-bond acceptors (Lipinski definition) is 13. The zero-order chi connectivity index (χ0) is 33.1. The Morgan fingerprint density at radius 2 is 1.49 bits per heavy atom. The van der Waals surface area contributed by atoms with Gasteiger partial charge in [0.25, 0.3) is 0 Å². The molecule has 9 atom stereocenters. The predicted molar refractivity (Wildman–Crippen MR) is 117 cm³/mol. The van der Waals surface area contributed by atoms with Crippen LogP contribution in [0.5, 0.6) is 0 Å². The van der Waals surface area contributed by atoms with Gasteiger partial charge in [0.1, 0.15) is 24.5 Å². The Hall–Kier alpha value is -1.41. The van der Waals surface area contributed by atoms with E-state index in [0.29, 0.717) is 0 Å². The van der Waals surface area contributed by atoms with Crippen LogP contribution < -0.4 is 10.1 Å². The molecule has 214 valence electrons. The van der Waals surface area contributed by atoms with Gasteiger partial charge in [-0.25, -0.2) is 18.9 Å². The number of phosphoric ester groups is 1. The molecule has 0 radical (unpaired) electrons. The van der Waals surface area contributed by atoms with Crippen molar-refractivity contribution in [1.29, 1.82) is 0 Å². The zero-order valence-electron chi connectivity index (χ0n) is 24.9. The number of hydrogen-bond donors (Lipinski definition) is 10. The molecule has 3 aliphatic rings. The molecule has 17 nitrogen and oxygen atoms in total. The number of aromatic amines is 1. The second-order valence-electron chi connectivity index (χ2n) is 7.44. The molecule has 1 aromatic heterocycles. The van der Waals surface area contributed by atoms with E-state index in [-0.39, 0.29) is 5.56 Å². The Morgan fingerprint density at radius 1 is 0.946 bits per heavy atom. The Balaban J connectivity index is 0.000000231. The summed E-state index contributed by atoms with van der Waals surface area (Å²) in [5.74, 6) is 0. The van der Waals surface area contributed by atoms with Gasteiger partial charge in [-0.3, -0.25) is 4.52 Å². The van der Waals surface area contributed by atoms with E-state index in [1.807, 2.05) is 0 Å². The van der Waals surface area contributed by atoms with Gasteiger partial charge >= 0.3 is 13.4 Å². The summed E-state index contributed by atoms with van der Waals surface area (Å²) in [6.07, 6.45) is -16.6. The highest BCUT2D eigenvalue weighted by atomic mass is 31.2. The third-order valence-corrected chi connectivity index (χ3v) is 5.16. The molecule has 18 heteroatoms. The minimum atomic E-state index is -4.92. The Bertz CT molecular complexity index is 1140. The van der Waals surface area contributed by atoms with E-state index in [4.69, 9.17) is 48.3 Å². The Kier molecular flexibility index (Phi) is 9.30. The van der Waals surface area contributed by atoms with E-state index >= 15 is 0 Å². The van der Waals surface area contributed by atoms with Gasteiger partial charge < -0.3 is 59.7 Å². The fourth-order valence-electron chi connectivity index (χ4n) is 2.88. The maximum atomic E-state index is 10.9. The number of nitrogens with one attached hydrogen (secondary N) is 1. The molecule has 0 saturated carbocycles. The van der Waals surface area contributed by atoms with Crippen molar-refractivity contribution in [2.45, 2.75) is 74.6 Å². The van der Waals surface area contributed by atoms with Crippen LogP contribution in [0.1, 0.15) is 33.6 Å². The van der Waals surface area contributed by atoms with E-state index in [1.165, 1.54) is 23.2 Å². The predicted octanol–water partition coefficient (Wildman–Crippen LogP) is -4.69. The fourth-order valence-corrected chi connectivity index (χ4v) is 3.24. The molecular formula is C19H34N2O15P+. The smallest absolute Gasteiger partial charge is 0.394 e. The molecular weight excluding hydrogens is 527 g/mol. The lowest BCUT2D eigenvalue weighted by Gasteiger charge is -2.12. The maximum Gasteiger partial charge on any atom is 0.471 e. The number of ether oxygens (including phenoxy) is 3. The van der Waals surface area contributed by atoms with Crippen molar-refractivity contribution in [2.75, 3.05) is 19.8 Å². The summed E-state index contributed by atoms with van der Waals surface area (Å²) in [6, 6.07) is 1.22. The number of aromatic nitrogens is 2. The van der Waals surface area contributed by atoms with E-state index in [1.54, 1.807) is 0 Å². The molecule has 4 heterocycles. The fraction of sp³-hybridized carbons (Fsp3) is 0.789. The topological polar surface area (TPSA) is 273 Å². The number of aliphatic hydroxyl groups is 7. The molecule has 8 unspecified atom stereocenters. The second-order valence-corrected chi connectivity index (χ2v) is 8.63. The highest BCUT2D eigenvalue weighted by Crippen LogP contribution is 2.40. The van der Waals surface area contributed by atoms with E-state index in [2.05, 4.69) is 19.0 Å². The van der Waals surface area contributed by atoms with Crippen molar-refractivity contribution >= 4 is 7.82 Å². The minimum Gasteiger partial charge on any atom is -0.394 e. The van der Waals surface area contributed by atoms with Crippen LogP contribution in [0.25, 0.3) is 0 Å². The first-order chi connectivity index (χ1) is 19.6. The normalized spacial score (nSPS) is 41.9. The van der Waals surface area contributed by atoms with Crippen LogP contribution in [0.3, 0.4) is 0 Å². The number of aliphatic hydroxyl groups excluding tert-OH is 7. The lowest BCUT2D eigenvalue weighted by molar-refractivity contribution is -0.762. The van der Waals surface area contributed by atoms with Crippen LogP contribution in [-0.4, -0.2) is 120 Å². The summed E-state index contributed by atoms with van der Waals surface area (Å²) < 4.78 is 74.3. The summed E-state index contributed by atoms with van der Waals surface area (Å²) >= 11 is 0. The van der Waals surface area contributed by atoms with Crippen LogP contribution in [-0.2, 0) is 23.3 Å². The molecule has 10 N–H and O–H groups in total. The number of nitrogens with zero attached hydrogens (tertiary/aromatic N) is 1. The first-order valence-electron chi connectivity index (χ1n) is 13.5. The van der Waals surface area contributed by atoms with Crippen molar-refractivity contribution < 1.29 is 81.6 Å². The average Bonchev–Trinajstić information content (AvgIpc) is 3.37. The maximum absolute atomic E-state index is 10.9. The van der Waals surface area contributed by atoms with Crippen molar-refractivity contribution in [1.82, 2.24) is 4.98 Å². The molecule has 3 saturated heterocycles. The quantitative estimate of drug-likeness (QED) is 0.113. The molecule has 0 amide bonds. The van der Waals surface area contributed by atoms with Gasteiger partial charge in [0.2, 0.25) is 12.6 Å². The van der Waals surface area contributed by atoms with Crippen LogP contribution in [0.2, 0.25) is 0 Å². The molecule has 0 aliphatic carbocycles. The van der Waals surface area contributed by atoms with Gasteiger partial charge in [-0.15, -0.1) is 0 Å². The standard InChI is InChI=1S/C9H12N2O4.C5H11O7P.C5H10O4/c12-4-7-6(13)3-9(15-7)11-2-1-8(14)10-5-11;6-2-4-3(7)1-5(11-4)12-13(8,9)10;6-2-4-3(7)1-5(8)9-4/h1-2,5-7,9,12-13H,3-4H2;3-7H,1-2H2,(H2,8,9,10);3-8H,1-2H2/p+1/t;3?,4?,5-;/m.1./s1/i3T2;2*1T2. The molecule has 3 fully saturated rings. The van der Waals surface area contributed by atoms with Gasteiger partial charge in [0, 0.05) is 27.3 Å². The van der Waals surface area contributed by atoms with Gasteiger partial charge in [-0.1, -0.05) is 0 Å². The summed E-state index contributed by atoms with van der Waals surface area (Å²) in [7, 11) is -4.92. The SMILES string of the molecule is [3H]C1([3H])C(O)C(CO)OC1[n+]1ccc(=O)[nH]c1.[3H]C1([3H])C(O)C(CO)O[C@@H]1OP(=O)(O)O.[3H]C1([3H])C(O)OC(CO)C1O. The van der Waals surface area contributed by atoms with Gasteiger partial charge in [-0.2, -0.15) is 0 Å². The first kappa shape index (κ1) is 23.5. The summed E-state index contributed by atoms with van der Waals surface area (Å²) in [5, 5.41) is 63.0. The lowest BCUT2D eigenvalue weighted by Crippen LogP contribution is -2.41. The van der Waals surface area contributed by atoms with E-state index in [0.717, 1.165) is 0 Å². The van der Waals surface area contributed by atoms with Crippen LogP contribution in [0, 0.1) is 0 Å². The molecule has 4 rings (SSSR count). The number of phosphoric acid groups is 1. The minimum absolute atomic E-state index is 0.320. The van der Waals surface area contributed by atoms with Crippen LogP contribution in [0.4, 0.5) is 0 Å². The molecule has 0 aromatic carbocycles. The summed E-state index contributed by atoms with van der Waals surface area (Å²) in [6.45, 7) is -1.65. The summed E-state index contributed by atoms with van der Waals surface area (Å²) in [4.78, 5) is 30.2. The van der Waals surface area contributed by atoms with Crippen molar-refractivity contribution in [3.8, 4) is 0 Å². The molecule has 1 aromatic rings. The highest BCUT2D eigenvalue weighted by molar-refractivity contribution is 7.46. The van der Waals surface area contributed by atoms with Crippen LogP contribution >= 0.6 is 7.82 Å². The summed E-state index contributed by atoms with van der Waals surface area (Å²) in [5.41, 5.74) is -0.320. The van der Waals surface area contributed by atoms with Crippen molar-refractivity contribution in [2.24, 2.45) is 0 Å². The molecule has 37 heavy (non-hydrogen) atoms.